The Bertz CT molecular complexity index is 685. The molecule has 0 saturated heterocycles. The molecule has 4 aliphatic carbocycles. The lowest BCUT2D eigenvalue weighted by Gasteiger charge is -2.59. The zero-order valence-electron chi connectivity index (χ0n) is 15.1. The van der Waals surface area contributed by atoms with Gasteiger partial charge in [-0.3, -0.25) is 14.6 Å². The van der Waals surface area contributed by atoms with Crippen LogP contribution >= 0.6 is 11.6 Å². The maximum Gasteiger partial charge on any atom is 0.270 e. The first-order chi connectivity index (χ1) is 12.4. The van der Waals surface area contributed by atoms with Gasteiger partial charge in [-0.05, 0) is 80.8 Å². The van der Waals surface area contributed by atoms with Crippen LogP contribution in [0, 0.1) is 23.2 Å². The predicted octanol–water partition coefficient (Wildman–Crippen LogP) is 3.19. The average Bonchev–Trinajstić information content (AvgIpc) is 2.58. The van der Waals surface area contributed by atoms with Crippen LogP contribution in [-0.2, 0) is 4.79 Å². The van der Waals surface area contributed by atoms with Crippen molar-refractivity contribution in [1.82, 2.24) is 15.6 Å². The van der Waals surface area contributed by atoms with Crippen LogP contribution in [0.2, 0.25) is 5.02 Å². The van der Waals surface area contributed by atoms with Gasteiger partial charge in [0.25, 0.3) is 5.91 Å². The third-order valence-electron chi connectivity index (χ3n) is 6.75. The summed E-state index contributed by atoms with van der Waals surface area (Å²) in [6.45, 7) is 2.11. The molecule has 140 valence electrons. The highest BCUT2D eigenvalue weighted by atomic mass is 35.5. The van der Waals surface area contributed by atoms with Crippen molar-refractivity contribution in [3.8, 4) is 0 Å². The van der Waals surface area contributed by atoms with Gasteiger partial charge in [0.1, 0.15) is 5.69 Å². The monoisotopic (exact) mass is 375 g/mol. The number of nitrogens with one attached hydrogen (secondary N) is 2. The Morgan fingerprint density at radius 2 is 1.85 bits per heavy atom. The largest absolute Gasteiger partial charge is 0.352 e. The molecule has 2 N–H and O–H groups in total. The number of halogens is 1. The Morgan fingerprint density at radius 1 is 1.23 bits per heavy atom. The first-order valence-electron chi connectivity index (χ1n) is 9.63. The van der Waals surface area contributed by atoms with E-state index in [0.717, 1.165) is 17.8 Å². The fraction of sp³-hybridized carbons (Fsp3) is 0.650. The molecule has 5 rings (SSSR count). The SMILES string of the molecule is CC(NC(=O)CNC(=O)c1cc(Cl)ccn1)C12CC3CC(CC(C3)C1)C2. The molecule has 26 heavy (non-hydrogen) atoms. The van der Waals surface area contributed by atoms with E-state index in [2.05, 4.69) is 22.5 Å². The summed E-state index contributed by atoms with van der Waals surface area (Å²) in [4.78, 5) is 28.5. The van der Waals surface area contributed by atoms with Gasteiger partial charge >= 0.3 is 0 Å². The van der Waals surface area contributed by atoms with Crippen molar-refractivity contribution < 1.29 is 9.59 Å². The molecular formula is C20H26ClN3O2. The van der Waals surface area contributed by atoms with Crippen molar-refractivity contribution in [3.05, 3.63) is 29.0 Å². The molecule has 1 atom stereocenters. The molecule has 2 amide bonds. The standard InChI is InChI=1S/C20H26ClN3O2/c1-12(20-8-13-4-14(9-20)6-15(5-13)10-20)24-18(25)11-23-19(26)17-7-16(21)2-3-22-17/h2-3,7,12-15H,4-6,8-11H2,1H3,(H,23,26)(H,24,25). The molecule has 6 heteroatoms. The Hall–Kier alpha value is -1.62. The Balaban J connectivity index is 1.31. The molecule has 4 bridgehead atoms. The fourth-order valence-corrected chi connectivity index (χ4v) is 6.09. The predicted molar refractivity (Wildman–Crippen MR) is 99.8 cm³/mol. The van der Waals surface area contributed by atoms with Gasteiger partial charge in [0, 0.05) is 17.3 Å². The first kappa shape index (κ1) is 17.8. The van der Waals surface area contributed by atoms with Crippen molar-refractivity contribution in [1.29, 1.82) is 0 Å². The van der Waals surface area contributed by atoms with Crippen molar-refractivity contribution in [2.75, 3.05) is 6.54 Å². The van der Waals surface area contributed by atoms with Crippen LogP contribution in [0.25, 0.3) is 0 Å². The van der Waals surface area contributed by atoms with E-state index in [0.29, 0.717) is 5.02 Å². The number of hydrogen-bond donors (Lipinski definition) is 2. The van der Waals surface area contributed by atoms with Crippen molar-refractivity contribution in [2.24, 2.45) is 23.2 Å². The molecule has 1 aromatic heterocycles. The molecule has 1 heterocycles. The van der Waals surface area contributed by atoms with Crippen LogP contribution in [0.4, 0.5) is 0 Å². The van der Waals surface area contributed by atoms with Gasteiger partial charge in [-0.2, -0.15) is 0 Å². The van der Waals surface area contributed by atoms with E-state index in [-0.39, 0.29) is 35.5 Å². The number of carbonyl (C=O) groups excluding carboxylic acids is 2. The molecular weight excluding hydrogens is 350 g/mol. The van der Waals surface area contributed by atoms with Crippen LogP contribution < -0.4 is 10.6 Å². The summed E-state index contributed by atoms with van der Waals surface area (Å²) in [5, 5.41) is 6.24. The van der Waals surface area contributed by atoms with Crippen LogP contribution in [0.1, 0.15) is 55.9 Å². The molecule has 1 unspecified atom stereocenters. The summed E-state index contributed by atoms with van der Waals surface area (Å²) >= 11 is 5.87. The lowest BCUT2D eigenvalue weighted by atomic mass is 9.48. The van der Waals surface area contributed by atoms with Crippen molar-refractivity contribution >= 4 is 23.4 Å². The van der Waals surface area contributed by atoms with Gasteiger partial charge in [0.05, 0.1) is 6.54 Å². The van der Waals surface area contributed by atoms with Gasteiger partial charge in [0.15, 0.2) is 0 Å². The van der Waals surface area contributed by atoms with E-state index in [1.54, 1.807) is 6.07 Å². The zero-order chi connectivity index (χ0) is 18.3. The highest BCUT2D eigenvalue weighted by molar-refractivity contribution is 6.30. The Kier molecular flexibility index (Phi) is 4.68. The minimum Gasteiger partial charge on any atom is -0.352 e. The Morgan fingerprint density at radius 3 is 2.42 bits per heavy atom. The van der Waals surface area contributed by atoms with Gasteiger partial charge in [0.2, 0.25) is 5.91 Å². The second-order valence-electron chi connectivity index (χ2n) is 8.61. The number of carbonyl (C=O) groups is 2. The van der Waals surface area contributed by atoms with Gasteiger partial charge in [-0.1, -0.05) is 11.6 Å². The van der Waals surface area contributed by atoms with E-state index in [1.807, 2.05) is 0 Å². The third kappa shape index (κ3) is 3.46. The molecule has 4 fully saturated rings. The molecule has 0 spiro atoms. The number of rotatable bonds is 5. The third-order valence-corrected chi connectivity index (χ3v) is 6.98. The van der Waals surface area contributed by atoms with Gasteiger partial charge in [-0.25, -0.2) is 0 Å². The normalized spacial score (nSPS) is 32.9. The van der Waals surface area contributed by atoms with Crippen LogP contribution in [0.15, 0.2) is 18.3 Å². The van der Waals surface area contributed by atoms with E-state index in [4.69, 9.17) is 11.6 Å². The molecule has 0 radical (unpaired) electrons. The molecule has 0 aliphatic heterocycles. The lowest BCUT2D eigenvalue weighted by molar-refractivity contribution is -0.124. The minimum atomic E-state index is -0.384. The smallest absolute Gasteiger partial charge is 0.270 e. The highest BCUT2D eigenvalue weighted by Crippen LogP contribution is 2.61. The maximum atomic E-state index is 12.4. The summed E-state index contributed by atoms with van der Waals surface area (Å²) in [6, 6.07) is 3.26. The number of pyridine rings is 1. The van der Waals surface area contributed by atoms with Crippen LogP contribution in [0.5, 0.6) is 0 Å². The fourth-order valence-electron chi connectivity index (χ4n) is 5.93. The summed E-state index contributed by atoms with van der Waals surface area (Å²) in [5.74, 6) is 2.05. The van der Waals surface area contributed by atoms with E-state index >= 15 is 0 Å². The van der Waals surface area contributed by atoms with Crippen molar-refractivity contribution in [3.63, 3.8) is 0 Å². The molecule has 0 aromatic carbocycles. The van der Waals surface area contributed by atoms with E-state index in [1.165, 1.54) is 50.8 Å². The number of hydrogen-bond acceptors (Lipinski definition) is 3. The molecule has 1 aromatic rings. The summed E-state index contributed by atoms with van der Waals surface area (Å²) in [5.41, 5.74) is 0.488. The van der Waals surface area contributed by atoms with Gasteiger partial charge < -0.3 is 10.6 Å². The second kappa shape index (κ2) is 6.84. The van der Waals surface area contributed by atoms with Crippen LogP contribution in [-0.4, -0.2) is 29.4 Å². The van der Waals surface area contributed by atoms with E-state index < -0.39 is 0 Å². The first-order valence-corrected chi connectivity index (χ1v) is 10.0. The number of aromatic nitrogens is 1. The lowest BCUT2D eigenvalue weighted by Crippen LogP contribution is -2.56. The topological polar surface area (TPSA) is 71.1 Å². The van der Waals surface area contributed by atoms with Crippen molar-refractivity contribution in [2.45, 2.75) is 51.5 Å². The Labute approximate surface area is 159 Å². The highest BCUT2D eigenvalue weighted by Gasteiger charge is 2.53. The summed E-state index contributed by atoms with van der Waals surface area (Å²) in [6.07, 6.45) is 9.40. The summed E-state index contributed by atoms with van der Waals surface area (Å²) < 4.78 is 0. The molecule has 4 saturated carbocycles. The number of amides is 2. The van der Waals surface area contributed by atoms with Gasteiger partial charge in [-0.15, -0.1) is 0 Å². The average molecular weight is 376 g/mol. The van der Waals surface area contributed by atoms with E-state index in [9.17, 15) is 9.59 Å². The summed E-state index contributed by atoms with van der Waals surface area (Å²) in [7, 11) is 0. The zero-order valence-corrected chi connectivity index (χ0v) is 15.9. The maximum absolute atomic E-state index is 12.4. The molecule has 5 nitrogen and oxygen atoms in total. The molecule has 4 aliphatic rings. The minimum absolute atomic E-state index is 0.0380. The quantitative estimate of drug-likeness (QED) is 0.830. The second-order valence-corrected chi connectivity index (χ2v) is 9.05. The number of nitrogens with zero attached hydrogens (tertiary/aromatic N) is 1. The van der Waals surface area contributed by atoms with Crippen LogP contribution in [0.3, 0.4) is 0 Å².